The zero-order valence-electron chi connectivity index (χ0n) is 10.6. The van der Waals surface area contributed by atoms with Crippen molar-refractivity contribution in [2.45, 2.75) is 44.6 Å². The maximum atomic E-state index is 11.2. The molecule has 1 rings (SSSR count). The molecule has 3 nitrogen and oxygen atoms in total. The fourth-order valence-electron chi connectivity index (χ4n) is 1.23. The van der Waals surface area contributed by atoms with Crippen molar-refractivity contribution in [1.82, 2.24) is 4.98 Å². The van der Waals surface area contributed by atoms with E-state index in [1.165, 1.54) is 0 Å². The number of hydrogen-bond acceptors (Lipinski definition) is 5. The van der Waals surface area contributed by atoms with Crippen molar-refractivity contribution < 1.29 is 9.53 Å². The van der Waals surface area contributed by atoms with Crippen LogP contribution in [0.25, 0.3) is 0 Å². The lowest BCUT2D eigenvalue weighted by molar-refractivity contribution is -0.143. The lowest BCUT2D eigenvalue weighted by Gasteiger charge is -2.01. The summed E-state index contributed by atoms with van der Waals surface area (Å²) in [7, 11) is 0. The average molecular weight is 273 g/mol. The third-order valence-corrected chi connectivity index (χ3v) is 4.22. The molecule has 1 aromatic rings. The van der Waals surface area contributed by atoms with Crippen molar-refractivity contribution in [3.05, 3.63) is 16.1 Å². The van der Waals surface area contributed by atoms with Crippen molar-refractivity contribution in [2.24, 2.45) is 0 Å². The van der Waals surface area contributed by atoms with E-state index in [0.29, 0.717) is 24.7 Å². The Bertz CT molecular complexity index is 350. The number of carbonyl (C=O) groups excluding carboxylic acids is 1. The molecular formula is C12H19NO2S2. The van der Waals surface area contributed by atoms with Crippen LogP contribution in [0.2, 0.25) is 0 Å². The molecule has 1 heterocycles. The summed E-state index contributed by atoms with van der Waals surface area (Å²) >= 11 is 3.56. The quantitative estimate of drug-likeness (QED) is 0.715. The Morgan fingerprint density at radius 1 is 1.59 bits per heavy atom. The van der Waals surface area contributed by atoms with Gasteiger partial charge in [-0.1, -0.05) is 13.8 Å². The van der Waals surface area contributed by atoms with Gasteiger partial charge in [0.1, 0.15) is 5.01 Å². The highest BCUT2D eigenvalue weighted by atomic mass is 32.2. The lowest BCUT2D eigenvalue weighted by atomic mass is 10.2. The first-order valence-electron chi connectivity index (χ1n) is 5.82. The molecule has 0 aliphatic carbocycles. The monoisotopic (exact) mass is 273 g/mol. The van der Waals surface area contributed by atoms with Gasteiger partial charge in [-0.05, 0) is 12.2 Å². The molecule has 0 fully saturated rings. The van der Waals surface area contributed by atoms with Gasteiger partial charge in [0, 0.05) is 17.6 Å². The smallest absolute Gasteiger partial charge is 0.306 e. The molecule has 5 heteroatoms. The number of carbonyl (C=O) groups is 1. The summed E-state index contributed by atoms with van der Waals surface area (Å²) in [5.41, 5.74) is 1.00. The highest BCUT2D eigenvalue weighted by Crippen LogP contribution is 2.20. The number of rotatable bonds is 7. The van der Waals surface area contributed by atoms with E-state index in [1.807, 2.05) is 24.1 Å². The molecule has 0 bridgehead atoms. The first-order valence-corrected chi connectivity index (χ1v) is 7.75. The molecule has 17 heavy (non-hydrogen) atoms. The van der Waals surface area contributed by atoms with Gasteiger partial charge in [0.05, 0.1) is 18.7 Å². The Morgan fingerprint density at radius 2 is 2.35 bits per heavy atom. The van der Waals surface area contributed by atoms with Gasteiger partial charge in [0.15, 0.2) is 0 Å². The van der Waals surface area contributed by atoms with Crippen LogP contribution in [0.5, 0.6) is 0 Å². The molecule has 0 radical (unpaired) electrons. The summed E-state index contributed by atoms with van der Waals surface area (Å²) in [5.74, 6) is 0.820. The van der Waals surface area contributed by atoms with E-state index in [4.69, 9.17) is 4.74 Å². The Balaban J connectivity index is 2.32. The van der Waals surface area contributed by atoms with Crippen LogP contribution >= 0.6 is 23.1 Å². The summed E-state index contributed by atoms with van der Waals surface area (Å²) in [6.07, 6.45) is 1.11. The molecule has 0 aromatic carbocycles. The Morgan fingerprint density at radius 3 is 3.00 bits per heavy atom. The number of aromatic nitrogens is 1. The van der Waals surface area contributed by atoms with Crippen molar-refractivity contribution in [2.75, 3.05) is 6.61 Å². The number of thiazole rings is 1. The van der Waals surface area contributed by atoms with Crippen molar-refractivity contribution in [3.63, 3.8) is 0 Å². The maximum Gasteiger partial charge on any atom is 0.306 e. The molecule has 0 spiro atoms. The molecule has 0 N–H and O–H groups in total. The van der Waals surface area contributed by atoms with E-state index >= 15 is 0 Å². The maximum absolute atomic E-state index is 11.2. The van der Waals surface area contributed by atoms with Gasteiger partial charge in [-0.25, -0.2) is 4.98 Å². The topological polar surface area (TPSA) is 39.2 Å². The van der Waals surface area contributed by atoms with E-state index in [2.05, 4.69) is 18.8 Å². The molecule has 0 atom stereocenters. The minimum Gasteiger partial charge on any atom is -0.466 e. The largest absolute Gasteiger partial charge is 0.466 e. The number of esters is 1. The average Bonchev–Trinajstić information content (AvgIpc) is 2.72. The predicted octanol–water partition coefficient (Wildman–Crippen LogP) is 3.28. The summed E-state index contributed by atoms with van der Waals surface area (Å²) in [5, 5.41) is 3.81. The van der Waals surface area contributed by atoms with E-state index in [-0.39, 0.29) is 5.97 Å². The number of hydrogen-bond donors (Lipinski definition) is 0. The first kappa shape index (κ1) is 14.5. The van der Waals surface area contributed by atoms with E-state index in [1.54, 1.807) is 11.3 Å². The number of aryl methyl sites for hydroxylation is 1. The van der Waals surface area contributed by atoms with Crippen LogP contribution in [-0.2, 0) is 21.7 Å². The fraction of sp³-hybridized carbons (Fsp3) is 0.667. The van der Waals surface area contributed by atoms with Crippen LogP contribution in [0.4, 0.5) is 0 Å². The van der Waals surface area contributed by atoms with E-state index < -0.39 is 0 Å². The lowest BCUT2D eigenvalue weighted by Crippen LogP contribution is -2.05. The van der Waals surface area contributed by atoms with Crippen LogP contribution in [0.15, 0.2) is 5.38 Å². The molecule has 0 saturated heterocycles. The molecule has 0 saturated carbocycles. The number of ether oxygens (including phenoxy) is 1. The van der Waals surface area contributed by atoms with E-state index in [0.717, 1.165) is 16.5 Å². The highest BCUT2D eigenvalue weighted by Gasteiger charge is 2.07. The third-order valence-electron chi connectivity index (χ3n) is 2.03. The third kappa shape index (κ3) is 6.07. The molecular weight excluding hydrogens is 254 g/mol. The minimum atomic E-state index is -0.140. The summed E-state index contributed by atoms with van der Waals surface area (Å²) < 4.78 is 4.88. The summed E-state index contributed by atoms with van der Waals surface area (Å²) in [6.45, 7) is 6.63. The van der Waals surface area contributed by atoms with Crippen LogP contribution < -0.4 is 0 Å². The fourth-order valence-corrected chi connectivity index (χ4v) is 2.86. The van der Waals surface area contributed by atoms with Crippen LogP contribution in [0, 0.1) is 0 Å². The van der Waals surface area contributed by atoms with Gasteiger partial charge in [0.25, 0.3) is 0 Å². The van der Waals surface area contributed by atoms with Crippen molar-refractivity contribution >= 4 is 29.1 Å². The van der Waals surface area contributed by atoms with E-state index in [9.17, 15) is 4.79 Å². The van der Waals surface area contributed by atoms with Gasteiger partial charge in [0.2, 0.25) is 0 Å². The first-order chi connectivity index (χ1) is 8.11. The van der Waals surface area contributed by atoms with Gasteiger partial charge in [-0.15, -0.1) is 11.3 Å². The summed E-state index contributed by atoms with van der Waals surface area (Å²) in [4.78, 5) is 15.7. The zero-order chi connectivity index (χ0) is 12.7. The van der Waals surface area contributed by atoms with Crippen molar-refractivity contribution in [3.8, 4) is 0 Å². The zero-order valence-corrected chi connectivity index (χ0v) is 12.2. The van der Waals surface area contributed by atoms with Crippen LogP contribution in [-0.4, -0.2) is 22.8 Å². The molecule has 0 aliphatic rings. The van der Waals surface area contributed by atoms with Gasteiger partial charge in [-0.3, -0.25) is 4.79 Å². The van der Waals surface area contributed by atoms with Gasteiger partial charge >= 0.3 is 5.97 Å². The van der Waals surface area contributed by atoms with Crippen LogP contribution in [0.1, 0.15) is 37.9 Å². The number of thioether (sulfide) groups is 1. The summed E-state index contributed by atoms with van der Waals surface area (Å²) in [6, 6.07) is 0. The second-order valence-electron chi connectivity index (χ2n) is 3.90. The molecule has 0 unspecified atom stereocenters. The predicted molar refractivity (Wildman–Crippen MR) is 73.5 cm³/mol. The van der Waals surface area contributed by atoms with Crippen molar-refractivity contribution in [1.29, 1.82) is 0 Å². The highest BCUT2D eigenvalue weighted by molar-refractivity contribution is 7.99. The molecule has 0 amide bonds. The standard InChI is InChI=1S/C12H19NO2S2/c1-4-15-12(14)6-5-10-7-17-11(13-10)8-16-9(2)3/h7,9H,4-6,8H2,1-3H3. The Kier molecular flexibility index (Phi) is 6.58. The molecule has 0 aliphatic heterocycles. The van der Waals surface area contributed by atoms with Gasteiger partial charge < -0.3 is 4.74 Å². The normalized spacial score (nSPS) is 10.8. The minimum absolute atomic E-state index is 0.140. The second-order valence-corrected chi connectivity index (χ2v) is 6.40. The molecule has 1 aromatic heterocycles. The SMILES string of the molecule is CCOC(=O)CCc1csc(CSC(C)C)n1. The Hall–Kier alpha value is -0.550. The van der Waals surface area contributed by atoms with Gasteiger partial charge in [-0.2, -0.15) is 11.8 Å². The van der Waals surface area contributed by atoms with Crippen LogP contribution in [0.3, 0.4) is 0 Å². The Labute approximate surface area is 111 Å². The number of nitrogens with zero attached hydrogens (tertiary/aromatic N) is 1. The second kappa shape index (κ2) is 7.71. The molecule has 96 valence electrons.